The highest BCUT2D eigenvalue weighted by molar-refractivity contribution is 7.28. The molecule has 0 atom stereocenters. The number of aromatic nitrogens is 2. The van der Waals surface area contributed by atoms with Crippen LogP contribution in [0.3, 0.4) is 0 Å². The average Bonchev–Trinajstić information content (AvgIpc) is 3.12. The number of benzene rings is 2. The standard InChI is InChI=1S/C15H8FN3OS2/c16-9-4-2-1-3-8(9)14(20)19-15-18-11-6-5-10-12(13(11)22-15)21-7-17-10/h1-7H,(H,18,19,20). The Balaban J connectivity index is 1.72. The molecule has 2 aromatic heterocycles. The van der Waals surface area contributed by atoms with Crippen molar-refractivity contribution in [1.29, 1.82) is 0 Å². The van der Waals surface area contributed by atoms with Crippen LogP contribution < -0.4 is 5.32 Å². The molecular weight excluding hydrogens is 321 g/mol. The lowest BCUT2D eigenvalue weighted by molar-refractivity contribution is 0.102. The summed E-state index contributed by atoms with van der Waals surface area (Å²) in [6, 6.07) is 9.64. The molecule has 7 heteroatoms. The van der Waals surface area contributed by atoms with Crippen LogP contribution in [-0.2, 0) is 0 Å². The molecule has 0 fully saturated rings. The Labute approximate surface area is 132 Å². The Morgan fingerprint density at radius 3 is 2.77 bits per heavy atom. The minimum Gasteiger partial charge on any atom is -0.298 e. The third-order valence-electron chi connectivity index (χ3n) is 3.19. The number of anilines is 1. The highest BCUT2D eigenvalue weighted by Gasteiger charge is 2.14. The molecule has 2 heterocycles. The molecule has 0 spiro atoms. The topological polar surface area (TPSA) is 54.9 Å². The van der Waals surface area contributed by atoms with Gasteiger partial charge in [-0.1, -0.05) is 23.5 Å². The van der Waals surface area contributed by atoms with E-state index in [-0.39, 0.29) is 5.56 Å². The fourth-order valence-electron chi connectivity index (χ4n) is 2.17. The van der Waals surface area contributed by atoms with E-state index < -0.39 is 11.7 Å². The first-order chi connectivity index (χ1) is 10.7. The fourth-order valence-corrected chi connectivity index (χ4v) is 4.06. The molecule has 0 radical (unpaired) electrons. The molecule has 0 aliphatic heterocycles. The first-order valence-electron chi connectivity index (χ1n) is 6.41. The van der Waals surface area contributed by atoms with Gasteiger partial charge < -0.3 is 0 Å². The zero-order chi connectivity index (χ0) is 15.1. The third-order valence-corrected chi connectivity index (χ3v) is 5.19. The molecule has 1 N–H and O–H groups in total. The van der Waals surface area contributed by atoms with Gasteiger partial charge in [-0.25, -0.2) is 14.4 Å². The molecule has 0 saturated carbocycles. The van der Waals surface area contributed by atoms with Crippen LogP contribution in [0.25, 0.3) is 20.4 Å². The predicted molar refractivity (Wildman–Crippen MR) is 87.2 cm³/mol. The highest BCUT2D eigenvalue weighted by atomic mass is 32.1. The quantitative estimate of drug-likeness (QED) is 0.596. The molecular formula is C15H8FN3OS2. The van der Waals surface area contributed by atoms with Crippen LogP contribution in [-0.4, -0.2) is 15.9 Å². The molecule has 0 aliphatic carbocycles. The largest absolute Gasteiger partial charge is 0.298 e. The van der Waals surface area contributed by atoms with Crippen LogP contribution in [0.15, 0.2) is 41.9 Å². The van der Waals surface area contributed by atoms with Crippen molar-refractivity contribution in [2.45, 2.75) is 0 Å². The lowest BCUT2D eigenvalue weighted by Gasteiger charge is -2.02. The Morgan fingerprint density at radius 1 is 1.09 bits per heavy atom. The third kappa shape index (κ3) is 2.15. The molecule has 0 bridgehead atoms. The van der Waals surface area contributed by atoms with Gasteiger partial charge in [0.05, 0.1) is 31.5 Å². The van der Waals surface area contributed by atoms with Crippen molar-refractivity contribution >= 4 is 54.1 Å². The number of hydrogen-bond acceptors (Lipinski definition) is 5. The van der Waals surface area contributed by atoms with Gasteiger partial charge >= 0.3 is 0 Å². The Kier molecular flexibility index (Phi) is 3.09. The number of nitrogens with one attached hydrogen (secondary N) is 1. The minimum atomic E-state index is -0.550. The van der Waals surface area contributed by atoms with E-state index in [9.17, 15) is 9.18 Å². The summed E-state index contributed by atoms with van der Waals surface area (Å²) in [5, 5.41) is 3.11. The fraction of sp³-hybridized carbons (Fsp3) is 0. The number of carbonyl (C=O) groups is 1. The number of nitrogens with zero attached hydrogens (tertiary/aromatic N) is 2. The number of fused-ring (bicyclic) bond motifs is 3. The summed E-state index contributed by atoms with van der Waals surface area (Å²) in [6.45, 7) is 0. The van der Waals surface area contributed by atoms with Gasteiger partial charge in [-0.2, -0.15) is 0 Å². The number of halogens is 1. The van der Waals surface area contributed by atoms with E-state index >= 15 is 0 Å². The van der Waals surface area contributed by atoms with E-state index in [1.807, 2.05) is 12.1 Å². The molecule has 0 unspecified atom stereocenters. The molecule has 4 rings (SSSR count). The van der Waals surface area contributed by atoms with Crippen LogP contribution in [0.5, 0.6) is 0 Å². The maximum absolute atomic E-state index is 13.6. The number of thiazole rings is 2. The second-order valence-corrected chi connectivity index (χ2v) is 6.42. The first kappa shape index (κ1) is 13.3. The zero-order valence-electron chi connectivity index (χ0n) is 11.0. The summed E-state index contributed by atoms with van der Waals surface area (Å²) in [5.41, 5.74) is 3.49. The minimum absolute atomic E-state index is 0.00435. The van der Waals surface area contributed by atoms with Gasteiger partial charge in [-0.3, -0.25) is 10.1 Å². The van der Waals surface area contributed by atoms with Crippen LogP contribution in [0, 0.1) is 5.82 Å². The summed E-state index contributed by atoms with van der Waals surface area (Å²) in [7, 11) is 0. The molecule has 0 aliphatic rings. The zero-order valence-corrected chi connectivity index (χ0v) is 12.7. The van der Waals surface area contributed by atoms with Gasteiger partial charge in [0.15, 0.2) is 5.13 Å². The Morgan fingerprint density at radius 2 is 1.91 bits per heavy atom. The van der Waals surface area contributed by atoms with Gasteiger partial charge in [0.25, 0.3) is 5.91 Å². The predicted octanol–water partition coefficient (Wildman–Crippen LogP) is 4.30. The van der Waals surface area contributed by atoms with Gasteiger partial charge in [0, 0.05) is 0 Å². The maximum Gasteiger partial charge on any atom is 0.260 e. The second kappa shape index (κ2) is 5.11. The van der Waals surface area contributed by atoms with Gasteiger partial charge in [0.1, 0.15) is 5.82 Å². The molecule has 4 aromatic rings. The summed E-state index contributed by atoms with van der Waals surface area (Å²) >= 11 is 2.90. The van der Waals surface area contributed by atoms with Crippen molar-refractivity contribution in [3.05, 3.63) is 53.3 Å². The summed E-state index contributed by atoms with van der Waals surface area (Å²) < 4.78 is 15.6. The number of hydrogen-bond donors (Lipinski definition) is 1. The first-order valence-corrected chi connectivity index (χ1v) is 8.10. The van der Waals surface area contributed by atoms with E-state index in [1.54, 1.807) is 17.6 Å². The number of rotatable bonds is 2. The lowest BCUT2D eigenvalue weighted by atomic mass is 10.2. The summed E-state index contributed by atoms with van der Waals surface area (Å²) in [6.07, 6.45) is 0. The van der Waals surface area contributed by atoms with E-state index in [2.05, 4.69) is 15.3 Å². The molecule has 22 heavy (non-hydrogen) atoms. The smallest absolute Gasteiger partial charge is 0.260 e. The van der Waals surface area contributed by atoms with Crippen molar-refractivity contribution in [1.82, 2.24) is 9.97 Å². The Hall–Kier alpha value is -2.38. The number of amides is 1. The van der Waals surface area contributed by atoms with Gasteiger partial charge in [0.2, 0.25) is 0 Å². The van der Waals surface area contributed by atoms with Gasteiger partial charge in [-0.05, 0) is 24.3 Å². The average molecular weight is 329 g/mol. The van der Waals surface area contributed by atoms with Gasteiger partial charge in [-0.15, -0.1) is 11.3 Å². The SMILES string of the molecule is O=C(Nc1nc2ccc3ncsc3c2s1)c1ccccc1F. The van der Waals surface area contributed by atoms with E-state index in [1.165, 1.54) is 34.8 Å². The van der Waals surface area contributed by atoms with Crippen molar-refractivity contribution in [3.8, 4) is 0 Å². The van der Waals surface area contributed by atoms with Crippen molar-refractivity contribution in [2.75, 3.05) is 5.32 Å². The molecule has 1 amide bonds. The van der Waals surface area contributed by atoms with Crippen LogP contribution >= 0.6 is 22.7 Å². The summed E-state index contributed by atoms with van der Waals surface area (Å²) in [4.78, 5) is 20.8. The van der Waals surface area contributed by atoms with Crippen molar-refractivity contribution < 1.29 is 9.18 Å². The van der Waals surface area contributed by atoms with Crippen LogP contribution in [0.4, 0.5) is 9.52 Å². The van der Waals surface area contributed by atoms with Crippen LogP contribution in [0.2, 0.25) is 0 Å². The molecule has 0 saturated heterocycles. The van der Waals surface area contributed by atoms with E-state index in [4.69, 9.17) is 0 Å². The van der Waals surface area contributed by atoms with Crippen molar-refractivity contribution in [2.24, 2.45) is 0 Å². The van der Waals surface area contributed by atoms with E-state index in [0.717, 1.165) is 20.4 Å². The Bertz CT molecular complexity index is 1010. The monoisotopic (exact) mass is 329 g/mol. The lowest BCUT2D eigenvalue weighted by Crippen LogP contribution is -2.13. The van der Waals surface area contributed by atoms with E-state index in [0.29, 0.717) is 5.13 Å². The molecule has 2 aromatic carbocycles. The number of carbonyl (C=O) groups excluding carboxylic acids is 1. The second-order valence-electron chi connectivity index (χ2n) is 4.57. The molecule has 108 valence electrons. The maximum atomic E-state index is 13.6. The normalized spacial score (nSPS) is 11.1. The summed E-state index contributed by atoms with van der Waals surface area (Å²) in [5.74, 6) is -1.05. The van der Waals surface area contributed by atoms with Crippen molar-refractivity contribution in [3.63, 3.8) is 0 Å². The highest BCUT2D eigenvalue weighted by Crippen LogP contribution is 2.34. The molecule has 4 nitrogen and oxygen atoms in total. The van der Waals surface area contributed by atoms with Crippen LogP contribution in [0.1, 0.15) is 10.4 Å².